The number of amides is 1. The number of nitrogens with zero attached hydrogens (tertiary/aromatic N) is 3. The zero-order valence-corrected chi connectivity index (χ0v) is 18.3. The number of hydrogen-bond acceptors (Lipinski definition) is 5. The summed E-state index contributed by atoms with van der Waals surface area (Å²) in [7, 11) is 0. The summed E-state index contributed by atoms with van der Waals surface area (Å²) >= 11 is 11.0. The number of thioether (sulfide) groups is 1. The summed E-state index contributed by atoms with van der Waals surface area (Å²) in [5.74, 6) is 0.591. The number of benzene rings is 2. The van der Waals surface area contributed by atoms with Gasteiger partial charge in [-0.1, -0.05) is 69.1 Å². The number of halogens is 2. The highest BCUT2D eigenvalue weighted by atomic mass is 79.9. The van der Waals surface area contributed by atoms with Crippen LogP contribution in [0.15, 0.2) is 52.1 Å². The van der Waals surface area contributed by atoms with Crippen LogP contribution in [0.1, 0.15) is 23.0 Å². The maximum Gasteiger partial charge on any atom is 0.240 e. The number of aryl methyl sites for hydroxylation is 2. The topological polar surface area (TPSA) is 71.8 Å². The van der Waals surface area contributed by atoms with Gasteiger partial charge < -0.3 is 10.7 Å². The fourth-order valence-corrected chi connectivity index (χ4v) is 4.83. The molecule has 28 heavy (non-hydrogen) atoms. The molecule has 1 amide bonds. The van der Waals surface area contributed by atoms with Gasteiger partial charge in [0.25, 0.3) is 0 Å². The highest BCUT2D eigenvalue weighted by molar-refractivity contribution is 9.10. The van der Waals surface area contributed by atoms with E-state index in [0.29, 0.717) is 15.9 Å². The maximum absolute atomic E-state index is 13.2. The Morgan fingerprint density at radius 3 is 2.68 bits per heavy atom. The van der Waals surface area contributed by atoms with Crippen LogP contribution in [0.5, 0.6) is 0 Å². The average molecular weight is 479 g/mol. The Morgan fingerprint density at radius 1 is 1.21 bits per heavy atom. The van der Waals surface area contributed by atoms with Crippen molar-refractivity contribution in [3.8, 4) is 0 Å². The van der Waals surface area contributed by atoms with Gasteiger partial charge in [-0.05, 0) is 37.6 Å². The average Bonchev–Trinajstić information content (AvgIpc) is 3.04. The molecule has 2 N–H and O–H groups in total. The molecule has 2 atom stereocenters. The van der Waals surface area contributed by atoms with Gasteiger partial charge in [0.1, 0.15) is 11.1 Å². The summed E-state index contributed by atoms with van der Waals surface area (Å²) in [6, 6.07) is 13.3. The van der Waals surface area contributed by atoms with Crippen molar-refractivity contribution in [2.24, 2.45) is 0 Å². The van der Waals surface area contributed by atoms with Crippen LogP contribution in [0.2, 0.25) is 5.02 Å². The third-order valence-corrected chi connectivity index (χ3v) is 6.50. The lowest BCUT2D eigenvalue weighted by atomic mass is 10.0. The summed E-state index contributed by atoms with van der Waals surface area (Å²) < 4.78 is 2.68. The van der Waals surface area contributed by atoms with Crippen molar-refractivity contribution in [2.45, 2.75) is 30.3 Å². The molecule has 1 aliphatic rings. The van der Waals surface area contributed by atoms with Crippen molar-refractivity contribution < 1.29 is 4.79 Å². The second-order valence-corrected chi connectivity index (χ2v) is 8.97. The van der Waals surface area contributed by atoms with Crippen molar-refractivity contribution in [3.63, 3.8) is 0 Å². The molecule has 4 rings (SSSR count). The standard InChI is InChI=1S/C19H17BrClN5OS/c1-10-3-5-12(6-4-10)16-17(28-19-24-23-11(2)26(19)25-16)18(27)22-15-8-7-13(20)9-14(15)21/h3-9,16-17,25H,1-2H3,(H,22,27)/t16-,17-/m0/s1. The summed E-state index contributed by atoms with van der Waals surface area (Å²) in [4.78, 5) is 13.2. The largest absolute Gasteiger partial charge is 0.324 e. The van der Waals surface area contributed by atoms with E-state index in [1.54, 1.807) is 12.1 Å². The molecule has 6 nitrogen and oxygen atoms in total. The Bertz CT molecular complexity index is 1040. The third-order valence-electron chi connectivity index (χ3n) is 4.48. The molecule has 0 saturated carbocycles. The molecule has 1 aromatic heterocycles. The van der Waals surface area contributed by atoms with Crippen molar-refractivity contribution in [3.05, 3.63) is 68.9 Å². The van der Waals surface area contributed by atoms with E-state index < -0.39 is 5.25 Å². The second-order valence-electron chi connectivity index (χ2n) is 6.53. The number of aromatic nitrogens is 3. The summed E-state index contributed by atoms with van der Waals surface area (Å²) in [5.41, 5.74) is 6.14. The van der Waals surface area contributed by atoms with Crippen LogP contribution in [0.25, 0.3) is 0 Å². The summed E-state index contributed by atoms with van der Waals surface area (Å²) in [6.45, 7) is 3.91. The van der Waals surface area contributed by atoms with E-state index in [0.717, 1.165) is 21.4 Å². The summed E-state index contributed by atoms with van der Waals surface area (Å²) in [5, 5.41) is 11.9. The Balaban J connectivity index is 1.67. The number of fused-ring (bicyclic) bond motifs is 1. The molecule has 2 heterocycles. The minimum atomic E-state index is -0.446. The number of carbonyl (C=O) groups is 1. The van der Waals surface area contributed by atoms with Gasteiger partial charge in [-0.3, -0.25) is 4.79 Å². The second kappa shape index (κ2) is 7.77. The van der Waals surface area contributed by atoms with Gasteiger partial charge in [-0.2, -0.15) is 0 Å². The number of anilines is 1. The number of nitrogens with one attached hydrogen (secondary N) is 2. The first kappa shape index (κ1) is 19.3. The Hall–Kier alpha value is -2.03. The van der Waals surface area contributed by atoms with Crippen molar-refractivity contribution in [1.29, 1.82) is 0 Å². The van der Waals surface area contributed by atoms with Gasteiger partial charge in [0, 0.05) is 4.47 Å². The van der Waals surface area contributed by atoms with Gasteiger partial charge >= 0.3 is 0 Å². The van der Waals surface area contributed by atoms with Crippen molar-refractivity contribution in [1.82, 2.24) is 14.9 Å². The predicted molar refractivity (Wildman–Crippen MR) is 115 cm³/mol. The molecule has 2 aromatic carbocycles. The van der Waals surface area contributed by atoms with E-state index >= 15 is 0 Å². The fraction of sp³-hybridized carbons (Fsp3) is 0.211. The van der Waals surface area contributed by atoms with Crippen LogP contribution < -0.4 is 10.7 Å². The normalized spacial score (nSPS) is 18.3. The molecular formula is C19H17BrClN5OS. The van der Waals surface area contributed by atoms with E-state index in [4.69, 9.17) is 11.6 Å². The van der Waals surface area contributed by atoms with Crippen LogP contribution in [0.4, 0.5) is 5.69 Å². The first-order chi connectivity index (χ1) is 13.4. The number of carbonyl (C=O) groups excluding carboxylic acids is 1. The molecule has 0 aliphatic carbocycles. The predicted octanol–water partition coefficient (Wildman–Crippen LogP) is 4.71. The number of rotatable bonds is 3. The van der Waals surface area contributed by atoms with E-state index in [-0.39, 0.29) is 11.9 Å². The van der Waals surface area contributed by atoms with Crippen LogP contribution in [0, 0.1) is 13.8 Å². The van der Waals surface area contributed by atoms with Gasteiger partial charge in [0.05, 0.1) is 16.8 Å². The van der Waals surface area contributed by atoms with E-state index in [1.807, 2.05) is 48.9 Å². The third kappa shape index (κ3) is 3.76. The molecule has 144 valence electrons. The van der Waals surface area contributed by atoms with Gasteiger partial charge in [0.15, 0.2) is 0 Å². The molecule has 1 aliphatic heterocycles. The highest BCUT2D eigenvalue weighted by Crippen LogP contribution is 2.38. The van der Waals surface area contributed by atoms with E-state index in [1.165, 1.54) is 11.8 Å². The van der Waals surface area contributed by atoms with Gasteiger partial charge in [-0.25, -0.2) is 4.68 Å². The molecule has 0 spiro atoms. The number of hydrogen-bond donors (Lipinski definition) is 2. The zero-order valence-electron chi connectivity index (χ0n) is 15.1. The van der Waals surface area contributed by atoms with E-state index in [9.17, 15) is 4.79 Å². The van der Waals surface area contributed by atoms with Crippen molar-refractivity contribution >= 4 is 50.9 Å². The molecule has 0 radical (unpaired) electrons. The Morgan fingerprint density at radius 2 is 1.96 bits per heavy atom. The van der Waals surface area contributed by atoms with Crippen LogP contribution in [0.3, 0.4) is 0 Å². The van der Waals surface area contributed by atoms with Gasteiger partial charge in [-0.15, -0.1) is 10.2 Å². The SMILES string of the molecule is Cc1ccc([C@@H]2Nn3c(C)nnc3S[C@@H]2C(=O)Nc2ccc(Br)cc2Cl)cc1. The zero-order chi connectivity index (χ0) is 19.8. The minimum Gasteiger partial charge on any atom is -0.324 e. The van der Waals surface area contributed by atoms with E-state index in [2.05, 4.69) is 36.9 Å². The molecule has 0 bridgehead atoms. The lowest BCUT2D eigenvalue weighted by Gasteiger charge is -2.32. The summed E-state index contributed by atoms with van der Waals surface area (Å²) in [6.07, 6.45) is 0. The quantitative estimate of drug-likeness (QED) is 0.570. The molecule has 3 aromatic rings. The first-order valence-corrected chi connectivity index (χ1v) is 10.6. The molecular weight excluding hydrogens is 462 g/mol. The smallest absolute Gasteiger partial charge is 0.240 e. The fourth-order valence-electron chi connectivity index (χ4n) is 2.98. The van der Waals surface area contributed by atoms with Crippen LogP contribution >= 0.6 is 39.3 Å². The van der Waals surface area contributed by atoms with Gasteiger partial charge in [0.2, 0.25) is 11.1 Å². The highest BCUT2D eigenvalue weighted by Gasteiger charge is 2.37. The Kier molecular flexibility index (Phi) is 5.35. The molecule has 0 saturated heterocycles. The molecule has 0 fully saturated rings. The molecule has 0 unspecified atom stereocenters. The monoisotopic (exact) mass is 477 g/mol. The maximum atomic E-state index is 13.2. The minimum absolute atomic E-state index is 0.154. The molecule has 9 heteroatoms. The van der Waals surface area contributed by atoms with Crippen molar-refractivity contribution in [2.75, 3.05) is 10.7 Å². The lowest BCUT2D eigenvalue weighted by molar-refractivity contribution is -0.116. The van der Waals surface area contributed by atoms with Crippen LogP contribution in [-0.2, 0) is 4.79 Å². The van der Waals surface area contributed by atoms with Crippen LogP contribution in [-0.4, -0.2) is 26.0 Å². The first-order valence-electron chi connectivity index (χ1n) is 8.60. The Labute approximate surface area is 180 Å². The lowest BCUT2D eigenvalue weighted by Crippen LogP contribution is -2.41.